The first kappa shape index (κ1) is 10.7. The van der Waals surface area contributed by atoms with Crippen LogP contribution in [0.1, 0.15) is 0 Å². The van der Waals surface area contributed by atoms with Crippen LogP contribution in [0, 0.1) is 0 Å². The molecule has 1 nitrogen and oxygen atoms in total. The van der Waals surface area contributed by atoms with Gasteiger partial charge < -0.3 is 5.73 Å². The van der Waals surface area contributed by atoms with Crippen LogP contribution in [0.5, 0.6) is 0 Å². The van der Waals surface area contributed by atoms with Crippen molar-refractivity contribution in [3.05, 3.63) is 52.5 Å². The summed E-state index contributed by atoms with van der Waals surface area (Å²) in [4.78, 5) is 0. The van der Waals surface area contributed by atoms with E-state index in [1.54, 1.807) is 0 Å². The third kappa shape index (κ3) is 1.54. The zero-order valence-corrected chi connectivity index (χ0v) is 10.4. The minimum absolute atomic E-state index is 0.691. The highest BCUT2D eigenvalue weighted by Crippen LogP contribution is 2.36. The van der Waals surface area contributed by atoms with E-state index in [0.717, 1.165) is 27.2 Å². The molecular formula is C14H9Cl2N. The first-order chi connectivity index (χ1) is 8.18. The van der Waals surface area contributed by atoms with E-state index in [-0.39, 0.29) is 0 Å². The number of hydrogen-bond acceptors (Lipinski definition) is 1. The molecule has 0 saturated carbocycles. The van der Waals surface area contributed by atoms with Gasteiger partial charge in [0, 0.05) is 37.3 Å². The van der Waals surface area contributed by atoms with Gasteiger partial charge in [0.2, 0.25) is 0 Å². The van der Waals surface area contributed by atoms with Gasteiger partial charge >= 0.3 is 0 Å². The molecule has 3 aromatic carbocycles. The van der Waals surface area contributed by atoms with Crippen LogP contribution in [0.4, 0.5) is 5.69 Å². The summed E-state index contributed by atoms with van der Waals surface area (Å²) in [6.45, 7) is 0. The molecule has 3 rings (SSSR count). The number of halogens is 2. The van der Waals surface area contributed by atoms with E-state index in [1.165, 1.54) is 0 Å². The molecule has 0 aliphatic carbocycles. The molecule has 0 saturated heterocycles. The lowest BCUT2D eigenvalue weighted by atomic mass is 10.0. The van der Waals surface area contributed by atoms with Crippen LogP contribution in [0.3, 0.4) is 0 Å². The second-order valence-electron chi connectivity index (χ2n) is 3.96. The molecule has 3 aromatic rings. The lowest BCUT2D eigenvalue weighted by molar-refractivity contribution is 1.75. The Bertz CT molecular complexity index is 675. The smallest absolute Gasteiger partial charge is 0.0485 e. The molecule has 0 fully saturated rings. The highest BCUT2D eigenvalue weighted by molar-refractivity contribution is 6.39. The average Bonchev–Trinajstić information content (AvgIpc) is 2.32. The maximum absolute atomic E-state index is 6.18. The van der Waals surface area contributed by atoms with E-state index >= 15 is 0 Å². The van der Waals surface area contributed by atoms with E-state index in [0.29, 0.717) is 10.0 Å². The SMILES string of the molecule is Nc1c2cccc(Cl)c2cc2c(Cl)cccc12. The van der Waals surface area contributed by atoms with Crippen molar-refractivity contribution < 1.29 is 0 Å². The topological polar surface area (TPSA) is 26.0 Å². The first-order valence-corrected chi connectivity index (χ1v) is 5.99. The highest BCUT2D eigenvalue weighted by atomic mass is 35.5. The standard InChI is InChI=1S/C14H9Cl2N/c15-12-5-1-3-8-10(12)7-11-9(14(8)17)4-2-6-13(11)16/h1-7H,17H2. The lowest BCUT2D eigenvalue weighted by Crippen LogP contribution is -1.90. The van der Waals surface area contributed by atoms with Gasteiger partial charge in [0.25, 0.3) is 0 Å². The van der Waals surface area contributed by atoms with Crippen LogP contribution in [-0.4, -0.2) is 0 Å². The van der Waals surface area contributed by atoms with Crippen LogP contribution in [0.2, 0.25) is 10.0 Å². The predicted octanol–water partition coefficient (Wildman–Crippen LogP) is 4.88. The largest absolute Gasteiger partial charge is 0.398 e. The Morgan fingerprint density at radius 3 is 1.65 bits per heavy atom. The fourth-order valence-electron chi connectivity index (χ4n) is 2.13. The summed E-state index contributed by atoms with van der Waals surface area (Å²) in [5, 5.41) is 5.19. The maximum Gasteiger partial charge on any atom is 0.0485 e. The number of anilines is 1. The summed E-state index contributed by atoms with van der Waals surface area (Å²) in [7, 11) is 0. The van der Waals surface area contributed by atoms with Gasteiger partial charge in [-0.15, -0.1) is 0 Å². The molecule has 17 heavy (non-hydrogen) atoms. The van der Waals surface area contributed by atoms with E-state index in [4.69, 9.17) is 28.9 Å². The molecular weight excluding hydrogens is 253 g/mol. The first-order valence-electron chi connectivity index (χ1n) is 5.23. The number of rotatable bonds is 0. The molecule has 0 spiro atoms. The summed E-state index contributed by atoms with van der Waals surface area (Å²) in [5.41, 5.74) is 6.90. The monoisotopic (exact) mass is 261 g/mol. The third-order valence-electron chi connectivity index (χ3n) is 2.97. The molecule has 0 atom stereocenters. The van der Waals surface area contributed by atoms with Crippen LogP contribution in [0.25, 0.3) is 21.5 Å². The minimum atomic E-state index is 0.691. The Morgan fingerprint density at radius 2 is 1.18 bits per heavy atom. The Labute approximate surface area is 109 Å². The number of nitrogen functional groups attached to an aromatic ring is 1. The summed E-state index contributed by atoms with van der Waals surface area (Å²) in [5.74, 6) is 0. The normalized spacial score (nSPS) is 11.2. The van der Waals surface area contributed by atoms with Gasteiger partial charge in [-0.1, -0.05) is 47.5 Å². The lowest BCUT2D eigenvalue weighted by Gasteiger charge is -2.09. The van der Waals surface area contributed by atoms with Gasteiger partial charge in [-0.2, -0.15) is 0 Å². The molecule has 0 aliphatic rings. The van der Waals surface area contributed by atoms with E-state index in [9.17, 15) is 0 Å². The van der Waals surface area contributed by atoms with E-state index < -0.39 is 0 Å². The molecule has 0 unspecified atom stereocenters. The summed E-state index contributed by atoms with van der Waals surface area (Å²) in [6, 6.07) is 13.4. The Hall–Kier alpha value is -1.44. The van der Waals surface area contributed by atoms with E-state index in [1.807, 2.05) is 42.5 Å². The molecule has 2 N–H and O–H groups in total. The molecule has 0 aromatic heterocycles. The molecule has 0 radical (unpaired) electrons. The summed E-state index contributed by atoms with van der Waals surface area (Å²) < 4.78 is 0. The third-order valence-corrected chi connectivity index (χ3v) is 3.63. The van der Waals surface area contributed by atoms with Crippen LogP contribution >= 0.6 is 23.2 Å². The van der Waals surface area contributed by atoms with Crippen LogP contribution in [-0.2, 0) is 0 Å². The fourth-order valence-corrected chi connectivity index (χ4v) is 2.58. The maximum atomic E-state index is 6.18. The van der Waals surface area contributed by atoms with Crippen molar-refractivity contribution in [1.82, 2.24) is 0 Å². The van der Waals surface area contributed by atoms with Gasteiger partial charge in [0.05, 0.1) is 0 Å². The number of hydrogen-bond donors (Lipinski definition) is 1. The fraction of sp³-hybridized carbons (Fsp3) is 0. The zero-order valence-electron chi connectivity index (χ0n) is 8.87. The Morgan fingerprint density at radius 1 is 0.706 bits per heavy atom. The van der Waals surface area contributed by atoms with Gasteiger partial charge in [-0.05, 0) is 18.2 Å². The van der Waals surface area contributed by atoms with Crippen LogP contribution < -0.4 is 5.73 Å². The quantitative estimate of drug-likeness (QED) is 0.453. The molecule has 0 aliphatic heterocycles. The zero-order chi connectivity index (χ0) is 12.0. The van der Waals surface area contributed by atoms with Gasteiger partial charge in [-0.25, -0.2) is 0 Å². The second-order valence-corrected chi connectivity index (χ2v) is 4.77. The molecule has 0 amide bonds. The summed E-state index contributed by atoms with van der Waals surface area (Å²) in [6.07, 6.45) is 0. The summed E-state index contributed by atoms with van der Waals surface area (Å²) >= 11 is 12.4. The second kappa shape index (κ2) is 3.80. The van der Waals surface area contributed by atoms with Crippen molar-refractivity contribution in [2.75, 3.05) is 5.73 Å². The van der Waals surface area contributed by atoms with Crippen molar-refractivity contribution >= 4 is 50.4 Å². The molecule has 0 heterocycles. The Balaban J connectivity index is 2.62. The van der Waals surface area contributed by atoms with Gasteiger partial charge in [-0.3, -0.25) is 0 Å². The van der Waals surface area contributed by atoms with Crippen molar-refractivity contribution in [1.29, 1.82) is 0 Å². The molecule has 3 heteroatoms. The van der Waals surface area contributed by atoms with Crippen LogP contribution in [0.15, 0.2) is 42.5 Å². The van der Waals surface area contributed by atoms with E-state index in [2.05, 4.69) is 0 Å². The Kier molecular flexibility index (Phi) is 2.39. The average molecular weight is 262 g/mol. The highest BCUT2D eigenvalue weighted by Gasteiger charge is 2.08. The van der Waals surface area contributed by atoms with Crippen molar-refractivity contribution in [2.24, 2.45) is 0 Å². The number of fused-ring (bicyclic) bond motifs is 2. The van der Waals surface area contributed by atoms with Gasteiger partial charge in [0.1, 0.15) is 0 Å². The number of benzene rings is 3. The van der Waals surface area contributed by atoms with Crippen molar-refractivity contribution in [3.63, 3.8) is 0 Å². The minimum Gasteiger partial charge on any atom is -0.398 e. The van der Waals surface area contributed by atoms with Gasteiger partial charge in [0.15, 0.2) is 0 Å². The van der Waals surface area contributed by atoms with Crippen molar-refractivity contribution in [3.8, 4) is 0 Å². The molecule has 84 valence electrons. The predicted molar refractivity (Wildman–Crippen MR) is 75.9 cm³/mol. The molecule has 0 bridgehead atoms. The van der Waals surface area contributed by atoms with Crippen molar-refractivity contribution in [2.45, 2.75) is 0 Å². The number of nitrogens with two attached hydrogens (primary N) is 1.